The largest absolute Gasteiger partial charge is 0.431 e. The lowest BCUT2D eigenvalue weighted by Gasteiger charge is -2.03. The third-order valence-corrected chi connectivity index (χ3v) is 1.14. The van der Waals surface area contributed by atoms with E-state index >= 15 is 0 Å². The van der Waals surface area contributed by atoms with Crippen molar-refractivity contribution in [2.75, 3.05) is 6.54 Å². The van der Waals surface area contributed by atoms with Gasteiger partial charge in [0.1, 0.15) is 5.76 Å². The summed E-state index contributed by atoms with van der Waals surface area (Å²) in [5, 5.41) is 0. The van der Waals surface area contributed by atoms with Crippen molar-refractivity contribution in [1.82, 2.24) is 0 Å². The smallest absolute Gasteiger partial charge is 0.324 e. The predicted molar refractivity (Wildman–Crippen MR) is 49.5 cm³/mol. The number of allylic oxidation sites excluding steroid dienone is 2. The van der Waals surface area contributed by atoms with Crippen LogP contribution in [-0.2, 0) is 9.53 Å². The van der Waals surface area contributed by atoms with E-state index in [4.69, 9.17) is 10.5 Å². The molecule has 0 saturated heterocycles. The Bertz CT molecular complexity index is 162. The summed E-state index contributed by atoms with van der Waals surface area (Å²) in [6.07, 6.45) is 0. The topological polar surface area (TPSA) is 52.3 Å². The number of rotatable bonds is 2. The van der Waals surface area contributed by atoms with Crippen molar-refractivity contribution in [2.45, 2.75) is 20.8 Å². The van der Waals surface area contributed by atoms with Crippen LogP contribution in [0.4, 0.5) is 0 Å². The molecule has 0 aromatic heterocycles. The summed E-state index contributed by atoms with van der Waals surface area (Å²) < 4.78 is 4.78. The maximum absolute atomic E-state index is 10.5. The van der Waals surface area contributed by atoms with Gasteiger partial charge in [-0.25, -0.2) is 0 Å². The molecule has 0 amide bonds. The predicted octanol–water partition coefficient (Wildman–Crippen LogP) is 1.38. The highest BCUT2D eigenvalue weighted by Gasteiger charge is 1.99. The van der Waals surface area contributed by atoms with E-state index in [-0.39, 0.29) is 23.5 Å². The maximum Gasteiger partial charge on any atom is 0.324 e. The van der Waals surface area contributed by atoms with E-state index in [2.05, 4.69) is 0 Å². The summed E-state index contributed by atoms with van der Waals surface area (Å²) in [6, 6.07) is 0. The molecule has 3 nitrogen and oxygen atoms in total. The SMILES string of the molecule is Br.CC(C)=C(C)OC(=O)CN. The molecule has 4 heteroatoms. The Hall–Kier alpha value is -0.350. The molecule has 0 aliphatic heterocycles. The average Bonchev–Trinajstić information content (AvgIpc) is 1.87. The molecule has 0 spiro atoms. The number of carbonyl (C=O) groups is 1. The Balaban J connectivity index is 0. The van der Waals surface area contributed by atoms with Gasteiger partial charge in [-0.1, -0.05) is 0 Å². The Kier molecular flexibility index (Phi) is 7.67. The van der Waals surface area contributed by atoms with E-state index in [9.17, 15) is 4.79 Å². The molecule has 0 rings (SSSR count). The minimum atomic E-state index is -0.390. The lowest BCUT2D eigenvalue weighted by Crippen LogP contribution is -2.16. The van der Waals surface area contributed by atoms with Gasteiger partial charge < -0.3 is 10.5 Å². The number of ether oxygens (including phenoxy) is 1. The molecule has 0 saturated carbocycles. The number of halogens is 1. The van der Waals surface area contributed by atoms with E-state index in [0.717, 1.165) is 5.57 Å². The number of nitrogens with two attached hydrogens (primary N) is 1. The van der Waals surface area contributed by atoms with Crippen molar-refractivity contribution in [3.8, 4) is 0 Å². The van der Waals surface area contributed by atoms with Crippen molar-refractivity contribution >= 4 is 23.0 Å². The molecular formula is C7H14BrNO2. The molecule has 0 bridgehead atoms. The van der Waals surface area contributed by atoms with Gasteiger partial charge in [-0.2, -0.15) is 0 Å². The first-order valence-corrected chi connectivity index (χ1v) is 3.12. The summed E-state index contributed by atoms with van der Waals surface area (Å²) in [4.78, 5) is 10.5. The zero-order valence-corrected chi connectivity index (χ0v) is 8.72. The molecule has 0 radical (unpaired) electrons. The summed E-state index contributed by atoms with van der Waals surface area (Å²) in [5.41, 5.74) is 6.01. The zero-order chi connectivity index (χ0) is 8.15. The zero-order valence-electron chi connectivity index (χ0n) is 7.01. The Labute approximate surface area is 77.4 Å². The third-order valence-electron chi connectivity index (χ3n) is 1.14. The minimum absolute atomic E-state index is 0. The maximum atomic E-state index is 10.5. The first-order chi connectivity index (χ1) is 4.57. The van der Waals surface area contributed by atoms with Gasteiger partial charge >= 0.3 is 5.97 Å². The van der Waals surface area contributed by atoms with Crippen LogP contribution < -0.4 is 5.73 Å². The van der Waals surface area contributed by atoms with Gasteiger partial charge in [0.2, 0.25) is 0 Å². The fourth-order valence-corrected chi connectivity index (χ4v) is 0.314. The van der Waals surface area contributed by atoms with Gasteiger partial charge in [0, 0.05) is 0 Å². The first kappa shape index (κ1) is 13.3. The molecule has 0 atom stereocenters. The molecule has 0 aromatic rings. The highest BCUT2D eigenvalue weighted by molar-refractivity contribution is 8.93. The van der Waals surface area contributed by atoms with Crippen molar-refractivity contribution < 1.29 is 9.53 Å². The molecule has 0 heterocycles. The van der Waals surface area contributed by atoms with Crippen LogP contribution in [0.15, 0.2) is 11.3 Å². The first-order valence-electron chi connectivity index (χ1n) is 3.12. The van der Waals surface area contributed by atoms with E-state index in [1.54, 1.807) is 6.92 Å². The van der Waals surface area contributed by atoms with Crippen molar-refractivity contribution in [2.24, 2.45) is 5.73 Å². The summed E-state index contributed by atoms with van der Waals surface area (Å²) >= 11 is 0. The number of esters is 1. The monoisotopic (exact) mass is 223 g/mol. The van der Waals surface area contributed by atoms with E-state index < -0.39 is 5.97 Å². The van der Waals surface area contributed by atoms with Gasteiger partial charge in [-0.05, 0) is 26.3 Å². The van der Waals surface area contributed by atoms with E-state index in [0.29, 0.717) is 5.76 Å². The Morgan fingerprint density at radius 3 is 2.09 bits per heavy atom. The van der Waals surface area contributed by atoms with Gasteiger partial charge in [-0.3, -0.25) is 4.79 Å². The second-order valence-electron chi connectivity index (χ2n) is 2.23. The standard InChI is InChI=1S/C7H13NO2.BrH/c1-5(2)6(3)10-7(9)4-8;/h4,8H2,1-3H3;1H. The van der Waals surface area contributed by atoms with Gasteiger partial charge in [0.15, 0.2) is 0 Å². The summed E-state index contributed by atoms with van der Waals surface area (Å²) in [7, 11) is 0. The fourth-order valence-electron chi connectivity index (χ4n) is 0.314. The quantitative estimate of drug-likeness (QED) is 0.569. The number of carbonyl (C=O) groups excluding carboxylic acids is 1. The Morgan fingerprint density at radius 2 is 1.82 bits per heavy atom. The molecule has 0 aromatic carbocycles. The molecule has 2 N–H and O–H groups in total. The van der Waals surface area contributed by atoms with Crippen LogP contribution in [0.5, 0.6) is 0 Å². The lowest BCUT2D eigenvalue weighted by molar-refractivity contribution is -0.137. The molecule has 0 aliphatic rings. The normalized spacial score (nSPS) is 8.00. The van der Waals surface area contributed by atoms with Gasteiger partial charge in [0.25, 0.3) is 0 Å². The molecule has 66 valence electrons. The van der Waals surface area contributed by atoms with Gasteiger partial charge in [0.05, 0.1) is 6.54 Å². The molecule has 0 aliphatic carbocycles. The van der Waals surface area contributed by atoms with Crippen molar-refractivity contribution in [1.29, 1.82) is 0 Å². The summed E-state index contributed by atoms with van der Waals surface area (Å²) in [6.45, 7) is 5.42. The van der Waals surface area contributed by atoms with Crippen molar-refractivity contribution in [3.63, 3.8) is 0 Å². The molecular weight excluding hydrogens is 210 g/mol. The molecule has 0 fully saturated rings. The van der Waals surface area contributed by atoms with Crippen LogP contribution in [-0.4, -0.2) is 12.5 Å². The van der Waals surface area contributed by atoms with Gasteiger partial charge in [-0.15, -0.1) is 17.0 Å². The third kappa shape index (κ3) is 6.06. The second-order valence-corrected chi connectivity index (χ2v) is 2.23. The molecule has 11 heavy (non-hydrogen) atoms. The Morgan fingerprint density at radius 1 is 1.36 bits per heavy atom. The number of hydrogen-bond donors (Lipinski definition) is 1. The van der Waals surface area contributed by atoms with Crippen LogP contribution in [0.3, 0.4) is 0 Å². The van der Waals surface area contributed by atoms with Crippen LogP contribution in [0.2, 0.25) is 0 Å². The average molecular weight is 224 g/mol. The second kappa shape index (κ2) is 6.37. The van der Waals surface area contributed by atoms with E-state index in [1.807, 2.05) is 13.8 Å². The number of hydrogen-bond acceptors (Lipinski definition) is 3. The lowest BCUT2D eigenvalue weighted by atomic mass is 10.3. The fraction of sp³-hybridized carbons (Fsp3) is 0.571. The van der Waals surface area contributed by atoms with Crippen LogP contribution in [0.1, 0.15) is 20.8 Å². The molecule has 0 unspecified atom stereocenters. The minimum Gasteiger partial charge on any atom is -0.431 e. The van der Waals surface area contributed by atoms with E-state index in [1.165, 1.54) is 0 Å². The summed E-state index contributed by atoms with van der Waals surface area (Å²) in [5.74, 6) is 0.245. The van der Waals surface area contributed by atoms with Crippen LogP contribution in [0, 0.1) is 0 Å². The highest BCUT2D eigenvalue weighted by Crippen LogP contribution is 2.02. The van der Waals surface area contributed by atoms with Crippen LogP contribution >= 0.6 is 17.0 Å². The van der Waals surface area contributed by atoms with Crippen LogP contribution in [0.25, 0.3) is 0 Å². The van der Waals surface area contributed by atoms with Crippen molar-refractivity contribution in [3.05, 3.63) is 11.3 Å². The highest BCUT2D eigenvalue weighted by atomic mass is 79.9.